The Morgan fingerprint density at radius 3 is 2.28 bits per heavy atom. The van der Waals surface area contributed by atoms with Crippen LogP contribution in [0.25, 0.3) is 0 Å². The van der Waals surface area contributed by atoms with Gasteiger partial charge in [-0.1, -0.05) is 6.07 Å². The Morgan fingerprint density at radius 1 is 1.10 bits per heavy atom. The van der Waals surface area contributed by atoms with Gasteiger partial charge < -0.3 is 5.32 Å². The molecule has 0 atom stereocenters. The Labute approximate surface area is 171 Å². The van der Waals surface area contributed by atoms with E-state index in [2.05, 4.69) is 5.32 Å². The summed E-state index contributed by atoms with van der Waals surface area (Å²) < 4.78 is 64.3. The van der Waals surface area contributed by atoms with Crippen LogP contribution in [-0.2, 0) is 20.8 Å². The van der Waals surface area contributed by atoms with E-state index in [-0.39, 0.29) is 16.3 Å². The fraction of sp³-hybridized carbons (Fsp3) is 0.667. The molecular formula is C21H30F3NO3S. The molecule has 0 aromatic heterocycles. The van der Waals surface area contributed by atoms with Gasteiger partial charge in [0.25, 0.3) is 0 Å². The summed E-state index contributed by atoms with van der Waals surface area (Å²) in [5, 5.41) is 2.27. The quantitative estimate of drug-likeness (QED) is 0.677. The second-order valence-electron chi connectivity index (χ2n) is 8.90. The summed E-state index contributed by atoms with van der Waals surface area (Å²) in [6, 6.07) is 4.00. The average molecular weight is 434 g/mol. The predicted octanol–water partition coefficient (Wildman–Crippen LogP) is 5.12. The van der Waals surface area contributed by atoms with Gasteiger partial charge in [-0.25, -0.2) is 8.42 Å². The molecule has 1 aromatic rings. The smallest absolute Gasteiger partial charge is 0.352 e. The van der Waals surface area contributed by atoms with E-state index in [0.717, 1.165) is 31.0 Å². The molecule has 29 heavy (non-hydrogen) atoms. The first-order valence-electron chi connectivity index (χ1n) is 10.0. The number of amides is 1. The SMILES string of the molecule is CC(C)(C)NC(=O)CCCC1CCC(S(=O)(=O)c2cccc(C(F)(F)F)c2)CC1. The van der Waals surface area contributed by atoms with E-state index in [1.807, 2.05) is 20.8 Å². The molecule has 4 nitrogen and oxygen atoms in total. The van der Waals surface area contributed by atoms with Crippen LogP contribution < -0.4 is 5.32 Å². The largest absolute Gasteiger partial charge is 0.416 e. The van der Waals surface area contributed by atoms with E-state index in [1.165, 1.54) is 6.07 Å². The molecular weight excluding hydrogens is 403 g/mol. The molecule has 0 radical (unpaired) electrons. The van der Waals surface area contributed by atoms with Crippen LogP contribution in [0.4, 0.5) is 13.2 Å². The van der Waals surface area contributed by atoms with Crippen molar-refractivity contribution in [3.8, 4) is 0 Å². The van der Waals surface area contributed by atoms with Crippen LogP contribution >= 0.6 is 0 Å². The van der Waals surface area contributed by atoms with Crippen molar-refractivity contribution < 1.29 is 26.4 Å². The fourth-order valence-electron chi connectivity index (χ4n) is 3.80. The minimum absolute atomic E-state index is 0.0123. The molecule has 0 aliphatic heterocycles. The number of hydrogen-bond donors (Lipinski definition) is 1. The molecule has 0 spiro atoms. The van der Waals surface area contributed by atoms with E-state index in [9.17, 15) is 26.4 Å². The van der Waals surface area contributed by atoms with E-state index >= 15 is 0 Å². The number of nitrogens with one attached hydrogen (secondary N) is 1. The predicted molar refractivity (Wildman–Crippen MR) is 106 cm³/mol. The normalized spacial score (nSPS) is 21.0. The lowest BCUT2D eigenvalue weighted by molar-refractivity contribution is -0.137. The van der Waals surface area contributed by atoms with Crippen molar-refractivity contribution in [1.82, 2.24) is 5.32 Å². The van der Waals surface area contributed by atoms with E-state index < -0.39 is 26.8 Å². The van der Waals surface area contributed by atoms with Gasteiger partial charge in [0.2, 0.25) is 5.91 Å². The van der Waals surface area contributed by atoms with Gasteiger partial charge in [-0.3, -0.25) is 4.79 Å². The summed E-state index contributed by atoms with van der Waals surface area (Å²) in [4.78, 5) is 11.6. The molecule has 0 heterocycles. The van der Waals surface area contributed by atoms with Crippen molar-refractivity contribution >= 4 is 15.7 Å². The highest BCUT2D eigenvalue weighted by molar-refractivity contribution is 7.92. The highest BCUT2D eigenvalue weighted by atomic mass is 32.2. The number of benzene rings is 1. The summed E-state index contributed by atoms with van der Waals surface area (Å²) in [6.45, 7) is 5.78. The molecule has 0 saturated heterocycles. The van der Waals surface area contributed by atoms with Crippen molar-refractivity contribution in [3.63, 3.8) is 0 Å². The molecule has 1 amide bonds. The zero-order chi connectivity index (χ0) is 21.9. The monoisotopic (exact) mass is 433 g/mol. The maximum absolute atomic E-state index is 12.9. The topological polar surface area (TPSA) is 63.2 Å². The Bertz CT molecular complexity index is 805. The lowest BCUT2D eigenvalue weighted by atomic mass is 9.85. The number of hydrogen-bond acceptors (Lipinski definition) is 3. The molecule has 2 rings (SSSR count). The van der Waals surface area contributed by atoms with Crippen molar-refractivity contribution in [2.45, 2.75) is 87.6 Å². The summed E-state index contributed by atoms with van der Waals surface area (Å²) in [6.07, 6.45) is -0.212. The van der Waals surface area contributed by atoms with Crippen molar-refractivity contribution in [2.75, 3.05) is 0 Å². The van der Waals surface area contributed by atoms with Gasteiger partial charge in [-0.15, -0.1) is 0 Å². The van der Waals surface area contributed by atoms with E-state index in [1.54, 1.807) is 0 Å². The number of alkyl halides is 3. The molecule has 8 heteroatoms. The number of carbonyl (C=O) groups is 1. The molecule has 1 N–H and O–H groups in total. The first kappa shape index (κ1) is 23.7. The molecule has 0 bridgehead atoms. The van der Waals surface area contributed by atoms with Gasteiger partial charge in [0, 0.05) is 12.0 Å². The van der Waals surface area contributed by atoms with Crippen molar-refractivity contribution in [3.05, 3.63) is 29.8 Å². The van der Waals surface area contributed by atoms with Gasteiger partial charge in [-0.2, -0.15) is 13.2 Å². The first-order chi connectivity index (χ1) is 13.3. The third kappa shape index (κ3) is 7.01. The Kier molecular flexibility index (Phi) is 7.41. The molecule has 1 aliphatic carbocycles. The zero-order valence-electron chi connectivity index (χ0n) is 17.2. The summed E-state index contributed by atoms with van der Waals surface area (Å²) in [7, 11) is -3.79. The number of halogens is 3. The lowest BCUT2D eigenvalue weighted by Crippen LogP contribution is -2.40. The summed E-state index contributed by atoms with van der Waals surface area (Å²) >= 11 is 0. The van der Waals surface area contributed by atoms with Crippen LogP contribution in [-0.4, -0.2) is 25.1 Å². The van der Waals surface area contributed by atoms with Crippen LogP contribution in [0.5, 0.6) is 0 Å². The van der Waals surface area contributed by atoms with Crippen molar-refractivity contribution in [1.29, 1.82) is 0 Å². The third-order valence-electron chi connectivity index (χ3n) is 5.25. The van der Waals surface area contributed by atoms with Gasteiger partial charge >= 0.3 is 6.18 Å². The Balaban J connectivity index is 1.88. The average Bonchev–Trinajstić information content (AvgIpc) is 2.60. The van der Waals surface area contributed by atoms with Crippen LogP contribution in [0, 0.1) is 5.92 Å². The maximum atomic E-state index is 12.9. The summed E-state index contributed by atoms with van der Waals surface area (Å²) in [5.41, 5.74) is -1.20. The zero-order valence-corrected chi connectivity index (χ0v) is 18.0. The number of carbonyl (C=O) groups excluding carboxylic acids is 1. The standard InChI is InChI=1S/C21H30F3NO3S/c1-20(2,3)25-19(26)9-4-6-15-10-12-17(13-11-15)29(27,28)18-8-5-7-16(14-18)21(22,23)24/h5,7-8,14-15,17H,4,6,9-13H2,1-3H3,(H,25,26). The molecule has 1 aliphatic rings. The second-order valence-corrected chi connectivity index (χ2v) is 11.1. The molecule has 0 unspecified atom stereocenters. The summed E-state index contributed by atoms with van der Waals surface area (Å²) in [5.74, 6) is 0.365. The van der Waals surface area contributed by atoms with E-state index in [0.29, 0.717) is 38.0 Å². The third-order valence-corrected chi connectivity index (χ3v) is 7.51. The highest BCUT2D eigenvalue weighted by Gasteiger charge is 2.35. The van der Waals surface area contributed by atoms with Gasteiger partial charge in [0.05, 0.1) is 15.7 Å². The maximum Gasteiger partial charge on any atom is 0.416 e. The van der Waals surface area contributed by atoms with Gasteiger partial charge in [-0.05, 0) is 83.4 Å². The Morgan fingerprint density at radius 2 is 1.72 bits per heavy atom. The van der Waals surface area contributed by atoms with E-state index in [4.69, 9.17) is 0 Å². The fourth-order valence-corrected chi connectivity index (χ4v) is 5.64. The van der Waals surface area contributed by atoms with Gasteiger partial charge in [0.1, 0.15) is 0 Å². The Hall–Kier alpha value is -1.57. The van der Waals surface area contributed by atoms with Crippen LogP contribution in [0.3, 0.4) is 0 Å². The molecule has 1 saturated carbocycles. The minimum atomic E-state index is -4.57. The first-order valence-corrected chi connectivity index (χ1v) is 11.6. The van der Waals surface area contributed by atoms with Crippen molar-refractivity contribution in [2.24, 2.45) is 5.92 Å². The number of sulfone groups is 1. The highest BCUT2D eigenvalue weighted by Crippen LogP contribution is 2.36. The molecule has 164 valence electrons. The van der Waals surface area contributed by atoms with Crippen LogP contribution in [0.15, 0.2) is 29.2 Å². The lowest BCUT2D eigenvalue weighted by Gasteiger charge is -2.28. The van der Waals surface area contributed by atoms with Crippen LogP contribution in [0.2, 0.25) is 0 Å². The minimum Gasteiger partial charge on any atom is -0.352 e. The molecule has 1 fully saturated rings. The van der Waals surface area contributed by atoms with Gasteiger partial charge in [0.15, 0.2) is 9.84 Å². The second kappa shape index (κ2) is 9.06. The van der Waals surface area contributed by atoms with Crippen LogP contribution in [0.1, 0.15) is 71.3 Å². The molecule has 1 aromatic carbocycles. The number of rotatable bonds is 6.